The first-order chi connectivity index (χ1) is 11.1. The number of nitrogens with two attached hydrogens (primary N) is 1. The number of aliphatic hydroxyl groups is 2. The molecule has 4 N–H and O–H groups in total. The van der Waals surface area contributed by atoms with Crippen LogP contribution in [-0.2, 0) is 16.0 Å². The van der Waals surface area contributed by atoms with E-state index in [1.165, 1.54) is 0 Å². The summed E-state index contributed by atoms with van der Waals surface area (Å²) in [6.07, 6.45) is 0.113. The Morgan fingerprint density at radius 3 is 2.09 bits per heavy atom. The molecule has 2 aromatic rings. The molecule has 0 aliphatic rings. The van der Waals surface area contributed by atoms with Gasteiger partial charge in [-0.25, -0.2) is 0 Å². The maximum Gasteiger partial charge on any atom is 0.310 e. The number of carbonyl (C=O) groups is 1. The van der Waals surface area contributed by atoms with Crippen molar-refractivity contribution in [1.82, 2.24) is 0 Å². The number of ether oxygens (including phenoxy) is 1. The second-order valence-corrected chi connectivity index (χ2v) is 5.58. The minimum atomic E-state index is -1.30. The van der Waals surface area contributed by atoms with Crippen LogP contribution in [0.3, 0.4) is 0 Å². The second-order valence-electron chi connectivity index (χ2n) is 5.58. The van der Waals surface area contributed by atoms with Crippen LogP contribution in [0.15, 0.2) is 54.6 Å². The highest BCUT2D eigenvalue weighted by Crippen LogP contribution is 2.19. The molecule has 0 unspecified atom stereocenters. The van der Waals surface area contributed by atoms with Crippen LogP contribution in [0.1, 0.15) is 5.56 Å². The summed E-state index contributed by atoms with van der Waals surface area (Å²) in [5, 5.41) is 18.1. The van der Waals surface area contributed by atoms with Crippen LogP contribution < -0.4 is 5.73 Å². The first kappa shape index (κ1) is 17.1. The lowest BCUT2D eigenvalue weighted by molar-refractivity contribution is -0.145. The quantitative estimate of drug-likeness (QED) is 0.666. The molecule has 0 bridgehead atoms. The average Bonchev–Trinajstić information content (AvgIpc) is 2.61. The molecule has 23 heavy (non-hydrogen) atoms. The Labute approximate surface area is 135 Å². The van der Waals surface area contributed by atoms with Crippen molar-refractivity contribution in [3.05, 3.63) is 60.2 Å². The lowest BCUT2D eigenvalue weighted by Crippen LogP contribution is -2.51. The van der Waals surface area contributed by atoms with Gasteiger partial charge in [-0.3, -0.25) is 4.79 Å². The SMILES string of the molecule is NC(CO)(CO)COC(=O)Cc1ccc(-c2ccccc2)cc1. The van der Waals surface area contributed by atoms with Crippen molar-refractivity contribution in [3.63, 3.8) is 0 Å². The highest BCUT2D eigenvalue weighted by molar-refractivity contribution is 5.73. The Kier molecular flexibility index (Phi) is 5.87. The van der Waals surface area contributed by atoms with Crippen LogP contribution in [0, 0.1) is 0 Å². The van der Waals surface area contributed by atoms with E-state index in [4.69, 9.17) is 20.7 Å². The van der Waals surface area contributed by atoms with Gasteiger partial charge in [-0.15, -0.1) is 0 Å². The fraction of sp³-hybridized carbons (Fsp3) is 0.278. The zero-order chi connectivity index (χ0) is 16.7. The van der Waals surface area contributed by atoms with Crippen LogP contribution in [-0.4, -0.2) is 41.5 Å². The predicted octanol–water partition coefficient (Wildman–Crippen LogP) is 1.12. The molecule has 0 aliphatic carbocycles. The van der Waals surface area contributed by atoms with Gasteiger partial charge in [0.15, 0.2) is 0 Å². The van der Waals surface area contributed by atoms with E-state index in [0.29, 0.717) is 0 Å². The number of aliphatic hydroxyl groups excluding tert-OH is 2. The van der Waals surface area contributed by atoms with Gasteiger partial charge in [-0.1, -0.05) is 54.6 Å². The molecule has 0 radical (unpaired) electrons. The van der Waals surface area contributed by atoms with Gasteiger partial charge in [0.25, 0.3) is 0 Å². The molecule has 0 aliphatic heterocycles. The lowest BCUT2D eigenvalue weighted by atomic mass is 10.0. The van der Waals surface area contributed by atoms with Gasteiger partial charge in [-0.05, 0) is 16.7 Å². The van der Waals surface area contributed by atoms with E-state index >= 15 is 0 Å². The van der Waals surface area contributed by atoms with E-state index in [9.17, 15) is 4.79 Å². The molecule has 2 rings (SSSR count). The molecule has 0 saturated heterocycles. The van der Waals surface area contributed by atoms with Gasteiger partial charge >= 0.3 is 5.97 Å². The summed E-state index contributed by atoms with van der Waals surface area (Å²) in [7, 11) is 0. The van der Waals surface area contributed by atoms with E-state index in [1.54, 1.807) is 0 Å². The molecule has 0 fully saturated rings. The maximum atomic E-state index is 11.8. The molecule has 5 heteroatoms. The molecule has 0 amide bonds. The van der Waals surface area contributed by atoms with Crippen LogP contribution in [0.5, 0.6) is 0 Å². The maximum absolute atomic E-state index is 11.8. The van der Waals surface area contributed by atoms with Crippen LogP contribution >= 0.6 is 0 Å². The zero-order valence-corrected chi connectivity index (χ0v) is 12.8. The third-order valence-electron chi connectivity index (χ3n) is 3.56. The largest absolute Gasteiger partial charge is 0.463 e. The monoisotopic (exact) mass is 315 g/mol. The van der Waals surface area contributed by atoms with E-state index in [1.807, 2.05) is 54.6 Å². The fourth-order valence-corrected chi connectivity index (χ4v) is 2.03. The van der Waals surface area contributed by atoms with E-state index < -0.39 is 24.7 Å². The zero-order valence-electron chi connectivity index (χ0n) is 12.8. The number of carbonyl (C=O) groups excluding carboxylic acids is 1. The molecule has 2 aromatic carbocycles. The van der Waals surface area contributed by atoms with Gasteiger partial charge in [-0.2, -0.15) is 0 Å². The first-order valence-electron chi connectivity index (χ1n) is 7.37. The summed E-state index contributed by atoms with van der Waals surface area (Å²) >= 11 is 0. The third kappa shape index (κ3) is 4.89. The summed E-state index contributed by atoms with van der Waals surface area (Å²) in [4.78, 5) is 11.8. The van der Waals surface area contributed by atoms with E-state index in [2.05, 4.69) is 0 Å². The molecule has 0 heterocycles. The van der Waals surface area contributed by atoms with Crippen LogP contribution in [0.2, 0.25) is 0 Å². The molecule has 0 aromatic heterocycles. The van der Waals surface area contributed by atoms with Gasteiger partial charge < -0.3 is 20.7 Å². The number of benzene rings is 2. The number of hydrogen-bond acceptors (Lipinski definition) is 5. The summed E-state index contributed by atoms with van der Waals surface area (Å²) < 4.78 is 5.02. The van der Waals surface area contributed by atoms with E-state index in [0.717, 1.165) is 16.7 Å². The number of hydrogen-bond donors (Lipinski definition) is 3. The Bertz CT molecular complexity index is 621. The minimum Gasteiger partial charge on any atom is -0.463 e. The van der Waals surface area contributed by atoms with Crippen LogP contribution in [0.4, 0.5) is 0 Å². The summed E-state index contributed by atoms with van der Waals surface area (Å²) in [6.45, 7) is -1.13. The van der Waals surface area contributed by atoms with Crippen molar-refractivity contribution in [2.45, 2.75) is 12.0 Å². The van der Waals surface area contributed by atoms with Crippen molar-refractivity contribution in [2.24, 2.45) is 5.73 Å². The summed E-state index contributed by atoms with van der Waals surface area (Å²) in [5.74, 6) is -0.450. The third-order valence-corrected chi connectivity index (χ3v) is 3.56. The standard InChI is InChI=1S/C18H21NO4/c19-18(11-20,12-21)13-23-17(22)10-14-6-8-16(9-7-14)15-4-2-1-3-5-15/h1-9,20-21H,10-13,19H2. The molecule has 0 atom stereocenters. The second kappa shape index (κ2) is 7.87. The molecule has 5 nitrogen and oxygen atoms in total. The van der Waals surface area contributed by atoms with Gasteiger partial charge in [0.05, 0.1) is 25.2 Å². The highest BCUT2D eigenvalue weighted by Gasteiger charge is 2.25. The van der Waals surface area contributed by atoms with Crippen molar-refractivity contribution in [1.29, 1.82) is 0 Å². The Hall–Kier alpha value is -2.21. The van der Waals surface area contributed by atoms with Gasteiger partial charge in [0.1, 0.15) is 6.61 Å². The Balaban J connectivity index is 1.92. The first-order valence-corrected chi connectivity index (χ1v) is 7.37. The fourth-order valence-electron chi connectivity index (χ4n) is 2.03. The lowest BCUT2D eigenvalue weighted by Gasteiger charge is -2.23. The van der Waals surface area contributed by atoms with Crippen molar-refractivity contribution in [2.75, 3.05) is 19.8 Å². The van der Waals surface area contributed by atoms with Crippen molar-refractivity contribution in [3.8, 4) is 11.1 Å². The molecule has 0 saturated carbocycles. The van der Waals surface area contributed by atoms with Crippen LogP contribution in [0.25, 0.3) is 11.1 Å². The summed E-state index contributed by atoms with van der Waals surface area (Å²) in [6, 6.07) is 17.6. The van der Waals surface area contributed by atoms with E-state index in [-0.39, 0.29) is 13.0 Å². The molecular formula is C18H21NO4. The summed E-state index contributed by atoms with van der Waals surface area (Å²) in [5.41, 5.74) is 7.36. The smallest absolute Gasteiger partial charge is 0.310 e. The van der Waals surface area contributed by atoms with Crippen molar-refractivity contribution >= 4 is 5.97 Å². The molecular weight excluding hydrogens is 294 g/mol. The van der Waals surface area contributed by atoms with Gasteiger partial charge in [0, 0.05) is 0 Å². The highest BCUT2D eigenvalue weighted by atomic mass is 16.5. The Morgan fingerprint density at radius 2 is 1.52 bits per heavy atom. The van der Waals surface area contributed by atoms with Crippen molar-refractivity contribution < 1.29 is 19.7 Å². The predicted molar refractivity (Wildman–Crippen MR) is 87.6 cm³/mol. The topological polar surface area (TPSA) is 92.8 Å². The number of esters is 1. The molecule has 122 valence electrons. The Morgan fingerprint density at radius 1 is 0.957 bits per heavy atom. The normalized spacial score (nSPS) is 11.3. The minimum absolute atomic E-state index is 0.113. The molecule has 0 spiro atoms. The van der Waals surface area contributed by atoms with Gasteiger partial charge in [0.2, 0.25) is 0 Å². The number of rotatable bonds is 7. The average molecular weight is 315 g/mol.